The molecular formula is C28H29BrClFN4O3S. The van der Waals surface area contributed by atoms with Gasteiger partial charge in [-0.1, -0.05) is 33.6 Å². The highest BCUT2D eigenvalue weighted by atomic mass is 79.9. The van der Waals surface area contributed by atoms with Crippen LogP contribution in [0.3, 0.4) is 0 Å². The quantitative estimate of drug-likeness (QED) is 0.389. The number of carbonyl (C=O) groups is 1. The van der Waals surface area contributed by atoms with Crippen LogP contribution in [-0.4, -0.2) is 68.8 Å². The van der Waals surface area contributed by atoms with Crippen LogP contribution in [0.1, 0.15) is 23.2 Å². The van der Waals surface area contributed by atoms with Gasteiger partial charge in [-0.25, -0.2) is 12.8 Å². The van der Waals surface area contributed by atoms with Crippen LogP contribution in [-0.2, 0) is 10.0 Å². The molecule has 5 rings (SSSR count). The number of benzene rings is 3. The second kappa shape index (κ2) is 11.8. The Hall–Kier alpha value is -2.66. The lowest BCUT2D eigenvalue weighted by molar-refractivity contribution is 0.0714. The Bertz CT molecular complexity index is 1450. The lowest BCUT2D eigenvalue weighted by atomic mass is 10.0. The monoisotopic (exact) mass is 634 g/mol. The molecule has 3 aromatic rings. The third kappa shape index (κ3) is 6.40. The van der Waals surface area contributed by atoms with Crippen molar-refractivity contribution < 1.29 is 17.6 Å². The molecular weight excluding hydrogens is 607 g/mol. The molecule has 0 bridgehead atoms. The summed E-state index contributed by atoms with van der Waals surface area (Å²) < 4.78 is 42.8. The van der Waals surface area contributed by atoms with Gasteiger partial charge in [0, 0.05) is 66.7 Å². The maximum Gasteiger partial charge on any atom is 0.253 e. The van der Waals surface area contributed by atoms with E-state index in [4.69, 9.17) is 11.6 Å². The average Bonchev–Trinajstić information content (AvgIpc) is 2.93. The van der Waals surface area contributed by atoms with Crippen LogP contribution >= 0.6 is 27.5 Å². The third-order valence-corrected chi connectivity index (χ3v) is 10.0. The van der Waals surface area contributed by atoms with Crippen molar-refractivity contribution >= 4 is 54.8 Å². The van der Waals surface area contributed by atoms with Gasteiger partial charge in [0.15, 0.2) is 0 Å². The van der Waals surface area contributed by atoms with Crippen LogP contribution < -0.4 is 10.2 Å². The first-order valence-corrected chi connectivity index (χ1v) is 15.4. The number of likely N-dealkylation sites (tertiary alicyclic amines) is 1. The minimum absolute atomic E-state index is 0.0638. The Morgan fingerprint density at radius 3 is 2.44 bits per heavy atom. The van der Waals surface area contributed by atoms with Gasteiger partial charge in [0.25, 0.3) is 5.91 Å². The second-order valence-electron chi connectivity index (χ2n) is 9.76. The number of nitrogens with one attached hydrogen (secondary N) is 1. The van der Waals surface area contributed by atoms with E-state index in [1.54, 1.807) is 23.1 Å². The van der Waals surface area contributed by atoms with Crippen molar-refractivity contribution in [3.05, 3.63) is 87.6 Å². The molecule has 1 amide bonds. The fraction of sp³-hybridized carbons (Fsp3) is 0.321. The van der Waals surface area contributed by atoms with E-state index in [-0.39, 0.29) is 40.8 Å². The second-order valence-corrected chi connectivity index (χ2v) is 13.0. The highest BCUT2D eigenvalue weighted by molar-refractivity contribution is 9.10. The summed E-state index contributed by atoms with van der Waals surface area (Å²) in [5.74, 6) is -0.533. The first-order valence-electron chi connectivity index (χ1n) is 12.8. The molecule has 0 spiro atoms. The number of piperidine rings is 1. The topological polar surface area (TPSA) is 73.0 Å². The average molecular weight is 636 g/mol. The Kier molecular flexibility index (Phi) is 8.46. The van der Waals surface area contributed by atoms with Crippen molar-refractivity contribution in [1.82, 2.24) is 9.21 Å². The van der Waals surface area contributed by atoms with Crippen LogP contribution in [0, 0.1) is 5.82 Å². The molecule has 7 nitrogen and oxygen atoms in total. The Balaban J connectivity index is 1.27. The number of hydrogen-bond donors (Lipinski definition) is 1. The zero-order valence-electron chi connectivity index (χ0n) is 21.2. The van der Waals surface area contributed by atoms with Crippen molar-refractivity contribution in [2.45, 2.75) is 23.8 Å². The fourth-order valence-corrected chi connectivity index (χ4v) is 7.41. The minimum Gasteiger partial charge on any atom is -0.380 e. The van der Waals surface area contributed by atoms with Crippen LogP contribution in [0.15, 0.2) is 76.1 Å². The van der Waals surface area contributed by atoms with E-state index in [9.17, 15) is 17.6 Å². The van der Waals surface area contributed by atoms with E-state index in [2.05, 4.69) is 21.2 Å². The summed E-state index contributed by atoms with van der Waals surface area (Å²) in [6.07, 6.45) is 1.77. The molecule has 2 heterocycles. The Labute approximate surface area is 241 Å². The molecule has 2 saturated heterocycles. The normalized spacial score (nSPS) is 18.7. The van der Waals surface area contributed by atoms with E-state index >= 15 is 0 Å². The molecule has 1 atom stereocenters. The number of halogens is 3. The zero-order chi connectivity index (χ0) is 27.6. The van der Waals surface area contributed by atoms with Gasteiger partial charge in [0.1, 0.15) is 10.7 Å². The molecule has 1 N–H and O–H groups in total. The van der Waals surface area contributed by atoms with E-state index in [0.29, 0.717) is 31.7 Å². The number of anilines is 2. The summed E-state index contributed by atoms with van der Waals surface area (Å²) in [5, 5.41) is 3.58. The molecule has 3 aromatic carbocycles. The number of rotatable bonds is 6. The fourth-order valence-electron chi connectivity index (χ4n) is 5.09. The summed E-state index contributed by atoms with van der Waals surface area (Å²) in [4.78, 5) is 17.2. The van der Waals surface area contributed by atoms with Gasteiger partial charge in [0.05, 0.1) is 5.02 Å². The minimum atomic E-state index is -3.92. The standard InChI is InChI=1S/C28H29BrClFN4O3S/c29-21-3-1-4-23(18-21)32-24-5-2-12-34(19-24)28(36)20-6-11-26(30)27(17-20)39(37,38)35-15-13-33(14-16-35)25-9-7-22(31)8-10-25/h1,3-4,6-11,17-18,24,32H,2,5,12-16,19H2. The highest BCUT2D eigenvalue weighted by Crippen LogP contribution is 2.29. The van der Waals surface area contributed by atoms with Crippen molar-refractivity contribution in [1.29, 1.82) is 0 Å². The smallest absolute Gasteiger partial charge is 0.253 e. The molecule has 2 aliphatic heterocycles. The molecule has 0 radical (unpaired) electrons. The van der Waals surface area contributed by atoms with Gasteiger partial charge in [-0.05, 0) is 73.5 Å². The van der Waals surface area contributed by atoms with Crippen LogP contribution in [0.25, 0.3) is 0 Å². The van der Waals surface area contributed by atoms with E-state index in [1.807, 2.05) is 29.2 Å². The molecule has 2 fully saturated rings. The molecule has 1 unspecified atom stereocenters. The van der Waals surface area contributed by atoms with Crippen molar-refractivity contribution in [3.63, 3.8) is 0 Å². The van der Waals surface area contributed by atoms with Crippen molar-refractivity contribution in [2.75, 3.05) is 49.5 Å². The van der Waals surface area contributed by atoms with Gasteiger partial charge in [-0.15, -0.1) is 0 Å². The maximum absolute atomic E-state index is 13.6. The predicted octanol–water partition coefficient (Wildman–Crippen LogP) is 5.47. The SMILES string of the molecule is O=C(c1ccc(Cl)c(S(=O)(=O)N2CCN(c3ccc(F)cc3)CC2)c1)N1CCCC(Nc2cccc(Br)c2)C1. The Morgan fingerprint density at radius 2 is 1.72 bits per heavy atom. The third-order valence-electron chi connectivity index (χ3n) is 7.13. The first-order chi connectivity index (χ1) is 18.7. The number of hydrogen-bond acceptors (Lipinski definition) is 5. The largest absolute Gasteiger partial charge is 0.380 e. The van der Waals surface area contributed by atoms with Gasteiger partial charge >= 0.3 is 0 Å². The molecule has 0 saturated carbocycles. The highest BCUT2D eigenvalue weighted by Gasteiger charge is 2.32. The number of sulfonamides is 1. The molecule has 11 heteroatoms. The summed E-state index contributed by atoms with van der Waals surface area (Å²) >= 11 is 9.85. The summed E-state index contributed by atoms with van der Waals surface area (Å²) in [6.45, 7) is 2.54. The van der Waals surface area contributed by atoms with Crippen molar-refractivity contribution in [3.8, 4) is 0 Å². The van der Waals surface area contributed by atoms with E-state index in [0.717, 1.165) is 28.7 Å². The number of nitrogens with zero attached hydrogens (tertiary/aromatic N) is 3. The molecule has 2 aliphatic rings. The molecule has 0 aliphatic carbocycles. The predicted molar refractivity (Wildman–Crippen MR) is 156 cm³/mol. The zero-order valence-corrected chi connectivity index (χ0v) is 24.4. The summed E-state index contributed by atoms with van der Waals surface area (Å²) in [5.41, 5.74) is 2.11. The van der Waals surface area contributed by atoms with Gasteiger partial charge in [-0.3, -0.25) is 4.79 Å². The molecule has 206 valence electrons. The van der Waals surface area contributed by atoms with E-state index in [1.165, 1.54) is 28.6 Å². The number of piperazine rings is 1. The van der Waals surface area contributed by atoms with Gasteiger partial charge < -0.3 is 15.1 Å². The van der Waals surface area contributed by atoms with Crippen LogP contribution in [0.2, 0.25) is 5.02 Å². The van der Waals surface area contributed by atoms with Gasteiger partial charge in [-0.2, -0.15) is 4.31 Å². The lowest BCUT2D eigenvalue weighted by Crippen LogP contribution is -2.48. The lowest BCUT2D eigenvalue weighted by Gasteiger charge is -2.35. The number of amides is 1. The number of carbonyl (C=O) groups excluding carboxylic acids is 1. The molecule has 0 aromatic heterocycles. The first kappa shape index (κ1) is 27.9. The van der Waals surface area contributed by atoms with E-state index < -0.39 is 10.0 Å². The summed E-state index contributed by atoms with van der Waals surface area (Å²) in [6, 6.07) is 18.6. The molecule has 39 heavy (non-hydrogen) atoms. The Morgan fingerprint density at radius 1 is 0.974 bits per heavy atom. The summed E-state index contributed by atoms with van der Waals surface area (Å²) in [7, 11) is -3.92. The maximum atomic E-state index is 13.6. The van der Waals surface area contributed by atoms with Crippen molar-refractivity contribution in [2.24, 2.45) is 0 Å². The van der Waals surface area contributed by atoms with Crippen LogP contribution in [0.5, 0.6) is 0 Å². The van der Waals surface area contributed by atoms with Gasteiger partial charge in [0.2, 0.25) is 10.0 Å². The van der Waals surface area contributed by atoms with Crippen LogP contribution in [0.4, 0.5) is 15.8 Å².